The summed E-state index contributed by atoms with van der Waals surface area (Å²) in [6, 6.07) is 0. The van der Waals surface area contributed by atoms with Crippen LogP contribution < -0.4 is 5.73 Å². The number of carbonyl (C=O) groups is 1. The smallest absolute Gasteiger partial charge is 0.306 e. The topological polar surface area (TPSA) is 53.9 Å². The maximum atomic E-state index is 11.2. The zero-order valence-corrected chi connectivity index (χ0v) is 8.26. The SMILES string of the molecule is [NH3+]CCCC(=O)OC1CCCCC1. The van der Waals surface area contributed by atoms with Gasteiger partial charge in [0.25, 0.3) is 0 Å². The minimum atomic E-state index is -0.0319. The minimum absolute atomic E-state index is 0.0319. The molecule has 13 heavy (non-hydrogen) atoms. The molecule has 76 valence electrons. The highest BCUT2D eigenvalue weighted by Crippen LogP contribution is 2.20. The van der Waals surface area contributed by atoms with E-state index in [2.05, 4.69) is 5.73 Å². The van der Waals surface area contributed by atoms with E-state index in [0.717, 1.165) is 25.8 Å². The molecule has 0 spiro atoms. The molecule has 1 rings (SSSR count). The van der Waals surface area contributed by atoms with Crippen molar-refractivity contribution in [3.8, 4) is 0 Å². The first-order chi connectivity index (χ1) is 6.33. The lowest BCUT2D eigenvalue weighted by Crippen LogP contribution is -2.50. The molecule has 1 aliphatic rings. The van der Waals surface area contributed by atoms with E-state index < -0.39 is 0 Å². The molecule has 0 aromatic carbocycles. The van der Waals surface area contributed by atoms with Gasteiger partial charge >= 0.3 is 5.97 Å². The van der Waals surface area contributed by atoms with Crippen molar-refractivity contribution in [1.29, 1.82) is 0 Å². The normalized spacial score (nSPS) is 18.5. The molecule has 1 aliphatic carbocycles. The lowest BCUT2D eigenvalue weighted by molar-refractivity contribution is -0.368. The Balaban J connectivity index is 2.11. The molecule has 0 radical (unpaired) electrons. The van der Waals surface area contributed by atoms with Crippen LogP contribution in [-0.4, -0.2) is 18.6 Å². The molecule has 1 saturated carbocycles. The van der Waals surface area contributed by atoms with Gasteiger partial charge in [-0.15, -0.1) is 0 Å². The van der Waals surface area contributed by atoms with E-state index in [9.17, 15) is 4.79 Å². The van der Waals surface area contributed by atoms with E-state index in [4.69, 9.17) is 4.74 Å². The van der Waals surface area contributed by atoms with E-state index >= 15 is 0 Å². The number of esters is 1. The molecule has 0 unspecified atom stereocenters. The Morgan fingerprint density at radius 1 is 1.31 bits per heavy atom. The van der Waals surface area contributed by atoms with Gasteiger partial charge in [-0.2, -0.15) is 0 Å². The molecule has 0 aromatic rings. The molecular formula is C10H20NO2+. The first-order valence-electron chi connectivity index (χ1n) is 5.31. The summed E-state index contributed by atoms with van der Waals surface area (Å²) in [7, 11) is 0. The van der Waals surface area contributed by atoms with Gasteiger partial charge in [-0.1, -0.05) is 6.42 Å². The van der Waals surface area contributed by atoms with Crippen LogP contribution in [-0.2, 0) is 9.53 Å². The van der Waals surface area contributed by atoms with Crippen LogP contribution in [0.5, 0.6) is 0 Å². The Bertz CT molecular complexity index is 153. The number of carbonyl (C=O) groups excluding carboxylic acids is 1. The third-order valence-corrected chi connectivity index (χ3v) is 2.48. The second kappa shape index (κ2) is 5.97. The van der Waals surface area contributed by atoms with Gasteiger partial charge in [0.05, 0.1) is 13.0 Å². The average molecular weight is 186 g/mol. The van der Waals surface area contributed by atoms with Gasteiger partial charge in [0.2, 0.25) is 0 Å². The number of hydrogen-bond acceptors (Lipinski definition) is 2. The second-order valence-corrected chi connectivity index (χ2v) is 3.71. The van der Waals surface area contributed by atoms with E-state index in [1.165, 1.54) is 19.3 Å². The molecule has 0 bridgehead atoms. The van der Waals surface area contributed by atoms with Gasteiger partial charge in [-0.25, -0.2) is 0 Å². The van der Waals surface area contributed by atoms with E-state index in [-0.39, 0.29) is 12.1 Å². The van der Waals surface area contributed by atoms with Crippen molar-refractivity contribution in [2.75, 3.05) is 6.54 Å². The van der Waals surface area contributed by atoms with Crippen molar-refractivity contribution < 1.29 is 15.3 Å². The van der Waals surface area contributed by atoms with Crippen molar-refractivity contribution in [2.24, 2.45) is 0 Å². The predicted octanol–water partition coefficient (Wildman–Crippen LogP) is 0.884. The molecule has 3 N–H and O–H groups in total. The summed E-state index contributed by atoms with van der Waals surface area (Å²) in [4.78, 5) is 11.2. The molecule has 0 atom stereocenters. The summed E-state index contributed by atoms with van der Waals surface area (Å²) in [5, 5.41) is 0. The van der Waals surface area contributed by atoms with Crippen LogP contribution in [0.25, 0.3) is 0 Å². The van der Waals surface area contributed by atoms with Gasteiger partial charge in [-0.05, 0) is 25.7 Å². The summed E-state index contributed by atoms with van der Waals surface area (Å²) in [6.07, 6.45) is 7.47. The fraction of sp³-hybridized carbons (Fsp3) is 0.900. The van der Waals surface area contributed by atoms with Crippen molar-refractivity contribution in [3.63, 3.8) is 0 Å². The van der Waals surface area contributed by atoms with Gasteiger partial charge in [0.15, 0.2) is 0 Å². The Morgan fingerprint density at radius 2 is 2.00 bits per heavy atom. The van der Waals surface area contributed by atoms with Gasteiger partial charge in [-0.3, -0.25) is 4.79 Å². The van der Waals surface area contributed by atoms with Crippen molar-refractivity contribution >= 4 is 5.97 Å². The van der Waals surface area contributed by atoms with Crippen molar-refractivity contribution in [3.05, 3.63) is 0 Å². The number of hydrogen-bond donors (Lipinski definition) is 1. The van der Waals surface area contributed by atoms with Gasteiger partial charge in [0, 0.05) is 6.42 Å². The molecule has 0 saturated heterocycles. The lowest BCUT2D eigenvalue weighted by Gasteiger charge is -2.21. The second-order valence-electron chi connectivity index (χ2n) is 3.71. The molecule has 0 amide bonds. The van der Waals surface area contributed by atoms with Crippen LogP contribution in [0.4, 0.5) is 0 Å². The maximum absolute atomic E-state index is 11.2. The lowest BCUT2D eigenvalue weighted by atomic mass is 9.98. The molecule has 3 nitrogen and oxygen atoms in total. The Morgan fingerprint density at radius 3 is 2.62 bits per heavy atom. The molecule has 0 aliphatic heterocycles. The number of rotatable bonds is 4. The Kier molecular flexibility index (Phi) is 4.83. The monoisotopic (exact) mass is 186 g/mol. The summed E-state index contributed by atoms with van der Waals surface area (Å²) in [6.45, 7) is 0.819. The highest BCUT2D eigenvalue weighted by atomic mass is 16.5. The average Bonchev–Trinajstić information content (AvgIpc) is 2.16. The van der Waals surface area contributed by atoms with Gasteiger partial charge < -0.3 is 10.5 Å². The summed E-state index contributed by atoms with van der Waals surface area (Å²) >= 11 is 0. The van der Waals surface area contributed by atoms with Crippen LogP contribution >= 0.6 is 0 Å². The number of ether oxygens (including phenoxy) is 1. The van der Waals surface area contributed by atoms with E-state index in [1.54, 1.807) is 0 Å². The first kappa shape index (κ1) is 10.5. The van der Waals surface area contributed by atoms with Crippen LogP contribution in [0, 0.1) is 0 Å². The fourth-order valence-corrected chi connectivity index (χ4v) is 1.70. The predicted molar refractivity (Wildman–Crippen MR) is 50.0 cm³/mol. The van der Waals surface area contributed by atoms with E-state index in [0.29, 0.717) is 6.42 Å². The summed E-state index contributed by atoms with van der Waals surface area (Å²) in [5.74, 6) is -0.0319. The minimum Gasteiger partial charge on any atom is -0.462 e. The highest BCUT2D eigenvalue weighted by molar-refractivity contribution is 5.69. The largest absolute Gasteiger partial charge is 0.462 e. The van der Waals surface area contributed by atoms with Crippen LogP contribution in [0.3, 0.4) is 0 Å². The highest BCUT2D eigenvalue weighted by Gasteiger charge is 2.16. The Labute approximate surface area is 79.6 Å². The van der Waals surface area contributed by atoms with Crippen LogP contribution in [0.15, 0.2) is 0 Å². The molecule has 1 fully saturated rings. The molecule has 0 aromatic heterocycles. The fourth-order valence-electron chi connectivity index (χ4n) is 1.70. The Hall–Kier alpha value is -0.570. The first-order valence-corrected chi connectivity index (χ1v) is 5.31. The van der Waals surface area contributed by atoms with E-state index in [1.807, 2.05) is 0 Å². The van der Waals surface area contributed by atoms with Crippen molar-refractivity contribution in [1.82, 2.24) is 0 Å². The molecule has 3 heteroatoms. The third-order valence-electron chi connectivity index (χ3n) is 2.48. The summed E-state index contributed by atoms with van der Waals surface area (Å²) < 4.78 is 5.33. The third kappa shape index (κ3) is 4.27. The summed E-state index contributed by atoms with van der Waals surface area (Å²) in [5.41, 5.74) is 3.70. The number of quaternary nitrogens is 1. The van der Waals surface area contributed by atoms with Crippen molar-refractivity contribution in [2.45, 2.75) is 51.0 Å². The van der Waals surface area contributed by atoms with Crippen LogP contribution in [0.1, 0.15) is 44.9 Å². The quantitative estimate of drug-likeness (QED) is 0.663. The zero-order valence-electron chi connectivity index (χ0n) is 8.26. The van der Waals surface area contributed by atoms with Crippen LogP contribution in [0.2, 0.25) is 0 Å². The standard InChI is InChI=1S/C10H19NO2/c11-8-4-7-10(12)13-9-5-2-1-3-6-9/h9H,1-8,11H2/p+1. The zero-order chi connectivity index (χ0) is 9.52. The molecular weight excluding hydrogens is 166 g/mol. The van der Waals surface area contributed by atoms with Gasteiger partial charge in [0.1, 0.15) is 6.10 Å². The molecule has 0 heterocycles. The maximum Gasteiger partial charge on any atom is 0.306 e.